The van der Waals surface area contributed by atoms with Gasteiger partial charge < -0.3 is 20.1 Å². The van der Waals surface area contributed by atoms with E-state index < -0.39 is 11.9 Å². The Hall–Kier alpha value is -3.23. The summed E-state index contributed by atoms with van der Waals surface area (Å²) in [6.45, 7) is 4.05. The number of para-hydroxylation sites is 1. The summed E-state index contributed by atoms with van der Waals surface area (Å²) in [6.07, 6.45) is 0. The van der Waals surface area contributed by atoms with Crippen molar-refractivity contribution in [2.75, 3.05) is 23.8 Å². The molecule has 1 aromatic heterocycles. The molecule has 0 spiro atoms. The number of carbonyl (C=O) groups is 2. The Labute approximate surface area is 190 Å². The lowest BCUT2D eigenvalue weighted by Gasteiger charge is -2.13. The standard InChI is InChI=1S/C23H22N2O4S2/c1-3-28-21(26)16-12-8-9-13-18(16)24-23(30)25-20-17(22(27)29-4-2)14-19(31-20)15-10-6-5-7-11-15/h5-14H,3-4H2,1-2H3,(H2,24,25,30). The fourth-order valence-corrected chi connectivity index (χ4v) is 4.16. The number of esters is 2. The second-order valence-corrected chi connectivity index (χ2v) is 7.75. The van der Waals surface area contributed by atoms with Crippen molar-refractivity contribution < 1.29 is 19.1 Å². The Balaban J connectivity index is 1.85. The Morgan fingerprint density at radius 2 is 1.48 bits per heavy atom. The van der Waals surface area contributed by atoms with Crippen LogP contribution in [-0.4, -0.2) is 30.3 Å². The van der Waals surface area contributed by atoms with Gasteiger partial charge in [0, 0.05) is 4.88 Å². The van der Waals surface area contributed by atoms with Crippen molar-refractivity contribution in [3.63, 3.8) is 0 Å². The molecule has 0 fully saturated rings. The third-order valence-electron chi connectivity index (χ3n) is 4.18. The van der Waals surface area contributed by atoms with Gasteiger partial charge in [-0.15, -0.1) is 11.3 Å². The second-order valence-electron chi connectivity index (χ2n) is 6.29. The van der Waals surface area contributed by atoms with Crippen molar-refractivity contribution >= 4 is 51.3 Å². The summed E-state index contributed by atoms with van der Waals surface area (Å²) in [5.74, 6) is -0.874. The van der Waals surface area contributed by atoms with Crippen molar-refractivity contribution in [2.45, 2.75) is 13.8 Å². The fourth-order valence-electron chi connectivity index (χ4n) is 2.82. The minimum atomic E-state index is -0.442. The number of hydrogen-bond donors (Lipinski definition) is 2. The quantitative estimate of drug-likeness (QED) is 0.357. The molecule has 0 bridgehead atoms. The average molecular weight is 455 g/mol. The molecule has 1 heterocycles. The van der Waals surface area contributed by atoms with Gasteiger partial charge in [0.15, 0.2) is 5.11 Å². The summed E-state index contributed by atoms with van der Waals surface area (Å²) in [5.41, 5.74) is 2.26. The van der Waals surface area contributed by atoms with Gasteiger partial charge in [-0.3, -0.25) is 0 Å². The normalized spacial score (nSPS) is 10.3. The summed E-state index contributed by atoms with van der Waals surface area (Å²) in [5, 5.41) is 6.89. The predicted molar refractivity (Wildman–Crippen MR) is 128 cm³/mol. The molecule has 2 aromatic carbocycles. The first-order valence-corrected chi connectivity index (χ1v) is 11.0. The molecule has 0 amide bonds. The van der Waals surface area contributed by atoms with E-state index in [1.165, 1.54) is 11.3 Å². The molecule has 31 heavy (non-hydrogen) atoms. The van der Waals surface area contributed by atoms with E-state index in [4.69, 9.17) is 21.7 Å². The Morgan fingerprint density at radius 1 is 0.871 bits per heavy atom. The molecule has 0 aliphatic carbocycles. The SMILES string of the molecule is CCOC(=O)c1ccccc1NC(=S)Nc1sc(-c2ccccc2)cc1C(=O)OCC. The van der Waals surface area contributed by atoms with E-state index in [0.29, 0.717) is 21.8 Å². The third kappa shape index (κ3) is 5.68. The van der Waals surface area contributed by atoms with E-state index in [0.717, 1.165) is 10.4 Å². The Morgan fingerprint density at radius 3 is 2.16 bits per heavy atom. The van der Waals surface area contributed by atoms with Crippen molar-refractivity contribution in [3.05, 3.63) is 71.8 Å². The highest BCUT2D eigenvalue weighted by Crippen LogP contribution is 2.36. The van der Waals surface area contributed by atoms with Crippen molar-refractivity contribution in [1.29, 1.82) is 0 Å². The molecule has 0 radical (unpaired) electrons. The number of ether oxygens (including phenoxy) is 2. The van der Waals surface area contributed by atoms with Gasteiger partial charge in [-0.05, 0) is 49.8 Å². The van der Waals surface area contributed by atoms with E-state index in [9.17, 15) is 9.59 Å². The van der Waals surface area contributed by atoms with Gasteiger partial charge in [0.25, 0.3) is 0 Å². The molecule has 0 unspecified atom stereocenters. The van der Waals surface area contributed by atoms with E-state index in [2.05, 4.69) is 10.6 Å². The lowest BCUT2D eigenvalue weighted by molar-refractivity contribution is 0.0518. The first-order chi connectivity index (χ1) is 15.0. The van der Waals surface area contributed by atoms with Gasteiger partial charge in [-0.1, -0.05) is 42.5 Å². The van der Waals surface area contributed by atoms with Gasteiger partial charge in [-0.25, -0.2) is 9.59 Å². The minimum absolute atomic E-state index is 0.240. The van der Waals surface area contributed by atoms with Gasteiger partial charge in [0.2, 0.25) is 0 Å². The molecule has 0 saturated heterocycles. The first kappa shape index (κ1) is 22.5. The molecule has 3 aromatic rings. The van der Waals surface area contributed by atoms with Crippen LogP contribution in [0, 0.1) is 0 Å². The zero-order valence-corrected chi connectivity index (χ0v) is 18.8. The lowest BCUT2D eigenvalue weighted by Crippen LogP contribution is -2.21. The van der Waals surface area contributed by atoms with E-state index in [1.807, 2.05) is 30.3 Å². The van der Waals surface area contributed by atoms with Crippen LogP contribution in [0.3, 0.4) is 0 Å². The van der Waals surface area contributed by atoms with Crippen LogP contribution in [-0.2, 0) is 9.47 Å². The van der Waals surface area contributed by atoms with Gasteiger partial charge >= 0.3 is 11.9 Å². The smallest absolute Gasteiger partial charge is 0.341 e. The highest BCUT2D eigenvalue weighted by Gasteiger charge is 2.20. The molecule has 8 heteroatoms. The summed E-state index contributed by atoms with van der Waals surface area (Å²) in [6, 6.07) is 18.5. The van der Waals surface area contributed by atoms with Crippen molar-refractivity contribution in [1.82, 2.24) is 0 Å². The number of rotatable bonds is 7. The number of nitrogens with one attached hydrogen (secondary N) is 2. The molecule has 0 aliphatic heterocycles. The molecular weight excluding hydrogens is 432 g/mol. The average Bonchev–Trinajstić information content (AvgIpc) is 3.19. The first-order valence-electron chi connectivity index (χ1n) is 9.74. The molecule has 160 valence electrons. The highest BCUT2D eigenvalue weighted by atomic mass is 32.1. The topological polar surface area (TPSA) is 76.7 Å². The number of benzene rings is 2. The predicted octanol–water partition coefficient (Wildman–Crippen LogP) is 5.58. The van der Waals surface area contributed by atoms with Crippen LogP contribution in [0.4, 0.5) is 10.7 Å². The summed E-state index contributed by atoms with van der Waals surface area (Å²) in [4.78, 5) is 25.6. The molecule has 3 rings (SSSR count). The van der Waals surface area contributed by atoms with Crippen molar-refractivity contribution in [3.8, 4) is 10.4 Å². The highest BCUT2D eigenvalue weighted by molar-refractivity contribution is 7.80. The minimum Gasteiger partial charge on any atom is -0.462 e. The number of carbonyl (C=O) groups excluding carboxylic acids is 2. The summed E-state index contributed by atoms with van der Waals surface area (Å²) < 4.78 is 10.3. The lowest BCUT2D eigenvalue weighted by atomic mass is 10.1. The zero-order valence-electron chi connectivity index (χ0n) is 17.1. The van der Waals surface area contributed by atoms with Crippen LogP contribution >= 0.6 is 23.6 Å². The van der Waals surface area contributed by atoms with Gasteiger partial charge in [0.05, 0.1) is 30.0 Å². The Kier molecular flexibility index (Phi) is 7.75. The summed E-state index contributed by atoms with van der Waals surface area (Å²) in [7, 11) is 0. The monoisotopic (exact) mass is 454 g/mol. The molecule has 0 saturated carbocycles. The number of thiocarbonyl (C=S) groups is 1. The maximum atomic E-state index is 12.5. The third-order valence-corrected chi connectivity index (χ3v) is 5.49. The van der Waals surface area contributed by atoms with Crippen LogP contribution in [0.25, 0.3) is 10.4 Å². The van der Waals surface area contributed by atoms with Crippen molar-refractivity contribution in [2.24, 2.45) is 0 Å². The van der Waals surface area contributed by atoms with E-state index in [-0.39, 0.29) is 18.3 Å². The van der Waals surface area contributed by atoms with E-state index >= 15 is 0 Å². The van der Waals surface area contributed by atoms with Crippen LogP contribution < -0.4 is 10.6 Å². The maximum Gasteiger partial charge on any atom is 0.341 e. The van der Waals surface area contributed by atoms with Gasteiger partial charge in [-0.2, -0.15) is 0 Å². The summed E-state index contributed by atoms with van der Waals surface area (Å²) >= 11 is 6.84. The maximum absolute atomic E-state index is 12.5. The van der Waals surface area contributed by atoms with Gasteiger partial charge in [0.1, 0.15) is 5.00 Å². The van der Waals surface area contributed by atoms with Crippen LogP contribution in [0.5, 0.6) is 0 Å². The number of thiophene rings is 1. The van der Waals surface area contributed by atoms with Crippen LogP contribution in [0.1, 0.15) is 34.6 Å². The zero-order chi connectivity index (χ0) is 22.2. The molecule has 0 aliphatic rings. The molecular formula is C23H22N2O4S2. The molecule has 6 nitrogen and oxygen atoms in total. The Bertz CT molecular complexity index is 1080. The van der Waals surface area contributed by atoms with Crippen LogP contribution in [0.15, 0.2) is 60.7 Å². The largest absolute Gasteiger partial charge is 0.462 e. The number of anilines is 2. The molecule has 0 atom stereocenters. The van der Waals surface area contributed by atoms with Crippen LogP contribution in [0.2, 0.25) is 0 Å². The molecule has 2 N–H and O–H groups in total. The fraction of sp³-hybridized carbons (Fsp3) is 0.174. The number of hydrogen-bond acceptors (Lipinski definition) is 6. The van der Waals surface area contributed by atoms with E-state index in [1.54, 1.807) is 44.2 Å². The second kappa shape index (κ2) is 10.7.